The first-order chi connectivity index (χ1) is 14.2. The number of sulfone groups is 1. The van der Waals surface area contributed by atoms with Crippen LogP contribution in [0.1, 0.15) is 27.5 Å². The average Bonchev–Trinajstić information content (AvgIpc) is 2.72. The van der Waals surface area contributed by atoms with Crippen molar-refractivity contribution in [3.8, 4) is 0 Å². The van der Waals surface area contributed by atoms with Crippen LogP contribution in [0.2, 0.25) is 0 Å². The number of benzene rings is 3. The van der Waals surface area contributed by atoms with Crippen LogP contribution in [0.3, 0.4) is 0 Å². The Labute approximate surface area is 186 Å². The van der Waals surface area contributed by atoms with Gasteiger partial charge in [0.25, 0.3) is 5.69 Å². The van der Waals surface area contributed by atoms with Crippen LogP contribution in [0.4, 0.5) is 10.1 Å². The molecule has 0 amide bonds. The molecular formula is C22H15FINO4S. The number of alkyl halides is 2. The van der Waals surface area contributed by atoms with E-state index in [9.17, 15) is 18.5 Å². The van der Waals surface area contributed by atoms with Gasteiger partial charge in [-0.1, -0.05) is 60.7 Å². The number of fused-ring (bicyclic) bond motifs is 2. The minimum atomic E-state index is -4.25. The van der Waals surface area contributed by atoms with Gasteiger partial charge in [-0.05, 0) is 51.4 Å². The molecule has 152 valence electrons. The minimum absolute atomic E-state index is 0.173. The fourth-order valence-corrected chi connectivity index (χ4v) is 7.30. The predicted molar refractivity (Wildman–Crippen MR) is 122 cm³/mol. The van der Waals surface area contributed by atoms with Crippen LogP contribution in [0, 0.1) is 10.1 Å². The van der Waals surface area contributed by atoms with E-state index in [2.05, 4.69) is 0 Å². The smallest absolute Gasteiger partial charge is 0.258 e. The van der Waals surface area contributed by atoms with E-state index < -0.39 is 23.7 Å². The molecule has 0 N–H and O–H groups in total. The van der Waals surface area contributed by atoms with Crippen LogP contribution >= 0.6 is 22.6 Å². The number of hydrogen-bond donors (Lipinski definition) is 0. The Bertz CT molecular complexity index is 1270. The van der Waals surface area contributed by atoms with Gasteiger partial charge in [0.05, 0.1) is 9.82 Å². The summed E-state index contributed by atoms with van der Waals surface area (Å²) in [5.74, 6) is 0. The van der Waals surface area contributed by atoms with E-state index in [4.69, 9.17) is 0 Å². The molecule has 0 radical (unpaired) electrons. The lowest BCUT2D eigenvalue weighted by atomic mass is 9.91. The molecule has 0 aromatic heterocycles. The summed E-state index contributed by atoms with van der Waals surface area (Å²) in [5, 5.41) is 9.39. The van der Waals surface area contributed by atoms with E-state index in [0.717, 1.165) is 24.3 Å². The number of nitro benzene ring substituents is 1. The van der Waals surface area contributed by atoms with Crippen molar-refractivity contribution in [2.75, 3.05) is 0 Å². The first-order valence-corrected chi connectivity index (χ1v) is 11.6. The fraction of sp³-hybridized carbons (Fsp3) is 0.0909. The molecule has 0 saturated heterocycles. The van der Waals surface area contributed by atoms with Crippen molar-refractivity contribution in [2.45, 2.75) is 13.8 Å². The molecule has 0 spiro atoms. The minimum Gasteiger partial charge on any atom is -0.258 e. The average molecular weight is 535 g/mol. The fourth-order valence-electron chi connectivity index (χ4n) is 3.62. The first kappa shape index (κ1) is 20.7. The summed E-state index contributed by atoms with van der Waals surface area (Å²) in [5.41, 5.74) is 1.54. The van der Waals surface area contributed by atoms with E-state index in [1.54, 1.807) is 83.3 Å². The molecule has 0 bridgehead atoms. The van der Waals surface area contributed by atoms with Crippen LogP contribution in [-0.2, 0) is 13.5 Å². The molecule has 2 unspecified atom stereocenters. The predicted octanol–water partition coefficient (Wildman–Crippen LogP) is 5.85. The van der Waals surface area contributed by atoms with Crippen molar-refractivity contribution >= 4 is 50.3 Å². The summed E-state index contributed by atoms with van der Waals surface area (Å²) in [6.07, 6.45) is 3.55. The summed E-state index contributed by atoms with van der Waals surface area (Å²) in [6, 6.07) is 18.1. The number of non-ortho nitro benzene ring substituents is 1. The summed E-state index contributed by atoms with van der Waals surface area (Å²) in [7, 11) is -4.25. The van der Waals surface area contributed by atoms with Crippen LogP contribution in [0.25, 0.3) is 12.2 Å². The van der Waals surface area contributed by atoms with Gasteiger partial charge < -0.3 is 0 Å². The monoisotopic (exact) mass is 535 g/mol. The van der Waals surface area contributed by atoms with Gasteiger partial charge in [-0.2, -0.15) is 0 Å². The molecule has 4 rings (SSSR count). The molecule has 8 heteroatoms. The SMILES string of the molecule is O=[N+]([O-])c1ccc(S(=O)(=O)C2c3ccccc3/C=C\c3ccccc3C2(F)I)cc1. The topological polar surface area (TPSA) is 77.3 Å². The molecule has 3 aromatic carbocycles. The maximum absolute atomic E-state index is 16.5. The van der Waals surface area contributed by atoms with E-state index in [0.29, 0.717) is 16.7 Å². The molecule has 0 fully saturated rings. The van der Waals surface area contributed by atoms with Gasteiger partial charge in [-0.15, -0.1) is 0 Å². The number of rotatable bonds is 3. The molecule has 2 atom stereocenters. The van der Waals surface area contributed by atoms with Gasteiger partial charge in [-0.25, -0.2) is 12.8 Å². The van der Waals surface area contributed by atoms with E-state index in [1.165, 1.54) is 0 Å². The van der Waals surface area contributed by atoms with Gasteiger partial charge >= 0.3 is 0 Å². The van der Waals surface area contributed by atoms with Crippen molar-refractivity contribution in [1.82, 2.24) is 0 Å². The molecule has 1 aliphatic rings. The Kier molecular flexibility index (Phi) is 5.23. The third-order valence-corrected chi connectivity index (χ3v) is 8.81. The van der Waals surface area contributed by atoms with Gasteiger partial charge in [0.15, 0.2) is 9.84 Å². The lowest BCUT2D eigenvalue weighted by Gasteiger charge is -2.32. The van der Waals surface area contributed by atoms with Crippen molar-refractivity contribution in [3.63, 3.8) is 0 Å². The van der Waals surface area contributed by atoms with E-state index in [-0.39, 0.29) is 16.1 Å². The first-order valence-electron chi connectivity index (χ1n) is 8.95. The molecule has 3 aromatic rings. The van der Waals surface area contributed by atoms with Gasteiger partial charge in [0.2, 0.25) is 3.68 Å². The van der Waals surface area contributed by atoms with Crippen LogP contribution < -0.4 is 0 Å². The molecule has 0 heterocycles. The Hall–Kier alpha value is -2.59. The Balaban J connectivity index is 1.99. The maximum atomic E-state index is 16.5. The highest BCUT2D eigenvalue weighted by atomic mass is 127. The maximum Gasteiger partial charge on any atom is 0.269 e. The van der Waals surface area contributed by atoms with Crippen molar-refractivity contribution in [3.05, 3.63) is 105 Å². The highest BCUT2D eigenvalue weighted by Crippen LogP contribution is 2.53. The van der Waals surface area contributed by atoms with Crippen LogP contribution in [-0.4, -0.2) is 13.3 Å². The summed E-state index contributed by atoms with van der Waals surface area (Å²) in [4.78, 5) is 10.2. The standard InChI is InChI=1S/C22H15FINO4S/c23-22(24)20-8-4-2-6-16(20)10-9-15-5-1-3-7-19(15)21(22)30(28,29)18-13-11-17(12-14-18)25(26)27/h1-14,21H/b10-9-. The van der Waals surface area contributed by atoms with Crippen LogP contribution in [0.5, 0.6) is 0 Å². The zero-order valence-electron chi connectivity index (χ0n) is 15.4. The summed E-state index contributed by atoms with van der Waals surface area (Å²) >= 11 is 1.56. The number of nitrogens with zero attached hydrogens (tertiary/aromatic N) is 1. The lowest BCUT2D eigenvalue weighted by molar-refractivity contribution is -0.384. The second kappa shape index (κ2) is 7.59. The van der Waals surface area contributed by atoms with Crippen molar-refractivity contribution in [1.29, 1.82) is 0 Å². The number of nitro groups is 1. The Morgan fingerprint density at radius 1 is 0.900 bits per heavy atom. The third kappa shape index (κ3) is 3.43. The van der Waals surface area contributed by atoms with Gasteiger partial charge in [-0.3, -0.25) is 10.1 Å². The Morgan fingerprint density at radius 2 is 1.47 bits per heavy atom. The summed E-state index contributed by atoms with van der Waals surface area (Å²) < 4.78 is 41.6. The number of halogens is 2. The third-order valence-electron chi connectivity index (χ3n) is 5.06. The van der Waals surface area contributed by atoms with E-state index in [1.807, 2.05) is 0 Å². The number of hydrogen-bond acceptors (Lipinski definition) is 4. The van der Waals surface area contributed by atoms with Crippen molar-refractivity contribution in [2.24, 2.45) is 0 Å². The van der Waals surface area contributed by atoms with Gasteiger partial charge in [0, 0.05) is 17.7 Å². The molecule has 30 heavy (non-hydrogen) atoms. The summed E-state index contributed by atoms with van der Waals surface area (Å²) in [6.45, 7) is 0. The quantitative estimate of drug-likeness (QED) is 0.183. The second-order valence-electron chi connectivity index (χ2n) is 6.85. The zero-order chi connectivity index (χ0) is 21.5. The lowest BCUT2D eigenvalue weighted by Crippen LogP contribution is -2.31. The molecule has 0 aliphatic heterocycles. The normalized spacial score (nSPS) is 21.6. The molecule has 1 aliphatic carbocycles. The molecule has 0 saturated carbocycles. The van der Waals surface area contributed by atoms with E-state index >= 15 is 4.39 Å². The van der Waals surface area contributed by atoms with Crippen molar-refractivity contribution < 1.29 is 17.7 Å². The molecule has 5 nitrogen and oxygen atoms in total. The Morgan fingerprint density at radius 3 is 2.13 bits per heavy atom. The largest absolute Gasteiger partial charge is 0.269 e. The zero-order valence-corrected chi connectivity index (χ0v) is 18.4. The molecular weight excluding hydrogens is 520 g/mol. The van der Waals surface area contributed by atoms with Crippen LogP contribution in [0.15, 0.2) is 77.7 Å². The second-order valence-corrected chi connectivity index (χ2v) is 10.5. The highest BCUT2D eigenvalue weighted by Gasteiger charge is 2.50. The highest BCUT2D eigenvalue weighted by molar-refractivity contribution is 14.1. The van der Waals surface area contributed by atoms with Gasteiger partial charge in [0.1, 0.15) is 5.25 Å².